The van der Waals surface area contributed by atoms with E-state index in [1.807, 2.05) is 19.1 Å². The van der Waals surface area contributed by atoms with Gasteiger partial charge in [0, 0.05) is 6.54 Å². The summed E-state index contributed by atoms with van der Waals surface area (Å²) in [5, 5.41) is 0. The Balaban J connectivity index is 2.18. The summed E-state index contributed by atoms with van der Waals surface area (Å²) in [5.41, 5.74) is 8.01. The van der Waals surface area contributed by atoms with Crippen molar-refractivity contribution in [2.45, 2.75) is 25.7 Å². The maximum Gasteiger partial charge on any atom is 0.178 e. The average molecular weight is 207 g/mol. The lowest BCUT2D eigenvalue weighted by molar-refractivity contribution is -0.145. The van der Waals surface area contributed by atoms with Crippen molar-refractivity contribution in [1.29, 1.82) is 0 Å². The van der Waals surface area contributed by atoms with Crippen molar-refractivity contribution in [2.75, 3.05) is 13.2 Å². The van der Waals surface area contributed by atoms with Crippen molar-refractivity contribution >= 4 is 0 Å². The second-order valence-corrected chi connectivity index (χ2v) is 4.11. The molecule has 1 heterocycles. The molecule has 0 aliphatic carbocycles. The first-order valence-corrected chi connectivity index (χ1v) is 5.22. The van der Waals surface area contributed by atoms with Crippen molar-refractivity contribution in [3.63, 3.8) is 0 Å². The summed E-state index contributed by atoms with van der Waals surface area (Å²) in [6.07, 6.45) is 0.0137. The van der Waals surface area contributed by atoms with Crippen LogP contribution in [0.25, 0.3) is 0 Å². The van der Waals surface area contributed by atoms with Gasteiger partial charge in [0.1, 0.15) is 6.10 Å². The van der Waals surface area contributed by atoms with Gasteiger partial charge in [0.15, 0.2) is 5.79 Å². The lowest BCUT2D eigenvalue weighted by Crippen LogP contribution is -2.35. The second kappa shape index (κ2) is 3.93. The number of rotatable bonds is 2. The van der Waals surface area contributed by atoms with Gasteiger partial charge < -0.3 is 15.2 Å². The summed E-state index contributed by atoms with van der Waals surface area (Å²) in [5.74, 6) is -0.618. The van der Waals surface area contributed by atoms with E-state index in [-0.39, 0.29) is 6.10 Å². The van der Waals surface area contributed by atoms with Crippen LogP contribution in [0, 0.1) is 6.92 Å². The van der Waals surface area contributed by atoms with E-state index in [1.54, 1.807) is 0 Å². The standard InChI is InChI=1S/C12H17NO2/c1-9-5-3-4-6-10(9)11-7-14-12(2,8-13)15-11/h3-6,11H,7-8,13H2,1-2H3. The fourth-order valence-corrected chi connectivity index (χ4v) is 1.83. The van der Waals surface area contributed by atoms with Gasteiger partial charge in [-0.3, -0.25) is 0 Å². The first kappa shape index (κ1) is 10.6. The van der Waals surface area contributed by atoms with Gasteiger partial charge in [-0.2, -0.15) is 0 Å². The second-order valence-electron chi connectivity index (χ2n) is 4.11. The molecule has 2 N–H and O–H groups in total. The summed E-state index contributed by atoms with van der Waals surface area (Å²) in [6, 6.07) is 8.20. The van der Waals surface area contributed by atoms with Crippen molar-refractivity contribution in [2.24, 2.45) is 5.73 Å². The molecule has 15 heavy (non-hydrogen) atoms. The van der Waals surface area contributed by atoms with Gasteiger partial charge in [-0.25, -0.2) is 0 Å². The van der Waals surface area contributed by atoms with Crippen LogP contribution in [-0.2, 0) is 9.47 Å². The van der Waals surface area contributed by atoms with Crippen molar-refractivity contribution in [1.82, 2.24) is 0 Å². The van der Waals surface area contributed by atoms with Crippen molar-refractivity contribution in [3.8, 4) is 0 Å². The summed E-state index contributed by atoms with van der Waals surface area (Å²) in [4.78, 5) is 0. The molecule has 0 bridgehead atoms. The van der Waals surface area contributed by atoms with Gasteiger partial charge in [-0.15, -0.1) is 0 Å². The molecular formula is C12H17NO2. The van der Waals surface area contributed by atoms with Crippen LogP contribution in [-0.4, -0.2) is 18.9 Å². The first-order valence-electron chi connectivity index (χ1n) is 5.22. The summed E-state index contributed by atoms with van der Waals surface area (Å²) in [7, 11) is 0. The fraction of sp³-hybridized carbons (Fsp3) is 0.500. The Morgan fingerprint density at radius 2 is 2.20 bits per heavy atom. The Hall–Kier alpha value is -0.900. The molecule has 2 rings (SSSR count). The van der Waals surface area contributed by atoms with E-state index >= 15 is 0 Å². The molecule has 3 heteroatoms. The zero-order valence-corrected chi connectivity index (χ0v) is 9.19. The minimum Gasteiger partial charge on any atom is -0.346 e. The number of hydrogen-bond acceptors (Lipinski definition) is 3. The number of hydrogen-bond donors (Lipinski definition) is 1. The lowest BCUT2D eigenvalue weighted by Gasteiger charge is -2.21. The highest BCUT2D eigenvalue weighted by atomic mass is 16.7. The number of nitrogens with two attached hydrogens (primary N) is 1. The zero-order chi connectivity index (χ0) is 10.9. The quantitative estimate of drug-likeness (QED) is 0.803. The minimum atomic E-state index is -0.618. The first-order chi connectivity index (χ1) is 7.14. The molecule has 2 atom stereocenters. The number of ether oxygens (including phenoxy) is 2. The van der Waals surface area contributed by atoms with Gasteiger partial charge in [0.2, 0.25) is 0 Å². The average Bonchev–Trinajstić information content (AvgIpc) is 2.63. The van der Waals surface area contributed by atoms with Crippen LogP contribution in [0.2, 0.25) is 0 Å². The molecule has 0 spiro atoms. The topological polar surface area (TPSA) is 44.5 Å². The van der Waals surface area contributed by atoms with Crippen LogP contribution < -0.4 is 5.73 Å². The van der Waals surface area contributed by atoms with E-state index in [0.29, 0.717) is 13.2 Å². The van der Waals surface area contributed by atoms with Crippen LogP contribution in [0.15, 0.2) is 24.3 Å². The number of benzene rings is 1. The molecule has 1 aromatic carbocycles. The normalized spacial score (nSPS) is 30.7. The van der Waals surface area contributed by atoms with Crippen LogP contribution >= 0.6 is 0 Å². The van der Waals surface area contributed by atoms with E-state index < -0.39 is 5.79 Å². The Morgan fingerprint density at radius 3 is 2.80 bits per heavy atom. The molecule has 0 aromatic heterocycles. The molecule has 0 saturated carbocycles. The molecule has 1 fully saturated rings. The highest BCUT2D eigenvalue weighted by molar-refractivity contribution is 5.28. The van der Waals surface area contributed by atoms with E-state index in [2.05, 4.69) is 19.1 Å². The van der Waals surface area contributed by atoms with Gasteiger partial charge in [0.25, 0.3) is 0 Å². The van der Waals surface area contributed by atoms with Crippen LogP contribution in [0.1, 0.15) is 24.2 Å². The molecule has 1 aliphatic rings. The predicted octanol–water partition coefficient (Wildman–Crippen LogP) is 1.76. The maximum absolute atomic E-state index is 5.82. The van der Waals surface area contributed by atoms with Crippen LogP contribution in [0.5, 0.6) is 0 Å². The lowest BCUT2D eigenvalue weighted by atomic mass is 10.0. The zero-order valence-electron chi connectivity index (χ0n) is 9.19. The Bertz CT molecular complexity index is 353. The van der Waals surface area contributed by atoms with E-state index in [1.165, 1.54) is 11.1 Å². The fourth-order valence-electron chi connectivity index (χ4n) is 1.83. The molecule has 0 radical (unpaired) electrons. The van der Waals surface area contributed by atoms with E-state index in [0.717, 1.165) is 0 Å². The summed E-state index contributed by atoms with van der Waals surface area (Å²) < 4.78 is 11.4. The Kier molecular flexibility index (Phi) is 2.78. The highest BCUT2D eigenvalue weighted by Crippen LogP contribution is 2.33. The summed E-state index contributed by atoms with van der Waals surface area (Å²) >= 11 is 0. The third-order valence-electron chi connectivity index (χ3n) is 2.84. The van der Waals surface area contributed by atoms with Gasteiger partial charge in [-0.1, -0.05) is 24.3 Å². The van der Waals surface area contributed by atoms with Crippen LogP contribution in [0.3, 0.4) is 0 Å². The van der Waals surface area contributed by atoms with Crippen molar-refractivity contribution in [3.05, 3.63) is 35.4 Å². The van der Waals surface area contributed by atoms with E-state index in [9.17, 15) is 0 Å². The van der Waals surface area contributed by atoms with Gasteiger partial charge in [0.05, 0.1) is 6.61 Å². The molecule has 0 amide bonds. The third-order valence-corrected chi connectivity index (χ3v) is 2.84. The van der Waals surface area contributed by atoms with E-state index in [4.69, 9.17) is 15.2 Å². The molecule has 3 nitrogen and oxygen atoms in total. The Morgan fingerprint density at radius 1 is 1.47 bits per heavy atom. The van der Waals surface area contributed by atoms with Gasteiger partial charge >= 0.3 is 0 Å². The maximum atomic E-state index is 5.82. The molecule has 2 unspecified atom stereocenters. The Labute approximate surface area is 90.2 Å². The highest BCUT2D eigenvalue weighted by Gasteiger charge is 2.36. The molecule has 1 saturated heterocycles. The molecular weight excluding hydrogens is 190 g/mol. The minimum absolute atomic E-state index is 0.0137. The molecule has 1 aromatic rings. The van der Waals surface area contributed by atoms with Gasteiger partial charge in [-0.05, 0) is 25.0 Å². The largest absolute Gasteiger partial charge is 0.346 e. The SMILES string of the molecule is Cc1ccccc1C1COC(C)(CN)O1. The summed E-state index contributed by atoms with van der Waals surface area (Å²) in [6.45, 7) is 4.93. The smallest absolute Gasteiger partial charge is 0.178 e. The molecule has 1 aliphatic heterocycles. The number of aryl methyl sites for hydroxylation is 1. The monoisotopic (exact) mass is 207 g/mol. The van der Waals surface area contributed by atoms with Crippen molar-refractivity contribution < 1.29 is 9.47 Å². The molecule has 82 valence electrons. The predicted molar refractivity (Wildman–Crippen MR) is 58.4 cm³/mol. The van der Waals surface area contributed by atoms with Crippen LogP contribution in [0.4, 0.5) is 0 Å². The third kappa shape index (κ3) is 2.04.